The van der Waals surface area contributed by atoms with Gasteiger partial charge in [-0.25, -0.2) is 4.79 Å². The zero-order chi connectivity index (χ0) is 7.11. The van der Waals surface area contributed by atoms with Crippen LogP contribution in [0, 0.1) is 0 Å². The second-order valence-corrected chi connectivity index (χ2v) is 1.35. The molecular weight excluding hydrogens is 118 g/mol. The van der Waals surface area contributed by atoms with Gasteiger partial charge in [0.25, 0.3) is 5.91 Å². The van der Waals surface area contributed by atoms with Gasteiger partial charge in [0.1, 0.15) is 0 Å². The minimum Gasteiger partial charge on any atom is -0.267 e. The molecule has 0 unspecified atom stereocenters. The maximum Gasteiger partial charge on any atom is 0.280 e. The van der Waals surface area contributed by atoms with Gasteiger partial charge in [0.05, 0.1) is 0 Å². The van der Waals surface area contributed by atoms with Crippen LogP contribution in [0.2, 0.25) is 0 Å². The van der Waals surface area contributed by atoms with E-state index in [2.05, 4.69) is 4.99 Å². The molecule has 0 fully saturated rings. The van der Waals surface area contributed by atoms with E-state index >= 15 is 0 Å². The number of hydrogen-bond donors (Lipinski definition) is 0. The normalized spacial score (nSPS) is 9.00. The lowest BCUT2D eigenvalue weighted by Crippen LogP contribution is -1.82. The summed E-state index contributed by atoms with van der Waals surface area (Å²) in [6.07, 6.45) is 4.78. The van der Waals surface area contributed by atoms with Gasteiger partial charge in [0.2, 0.25) is 6.08 Å². The zero-order valence-corrected chi connectivity index (χ0v) is 5.13. The van der Waals surface area contributed by atoms with Gasteiger partial charge in [0.15, 0.2) is 0 Å². The second-order valence-electron chi connectivity index (χ2n) is 1.35. The third-order valence-electron chi connectivity index (χ3n) is 0.652. The third-order valence-corrected chi connectivity index (χ3v) is 0.652. The Labute approximate surface area is 53.1 Å². The standard InChI is InChI=1S/C6H7NO2/c1-2-3-4-6(9)7-5-8/h3-4H,2H2,1H3. The first-order valence-electron chi connectivity index (χ1n) is 2.59. The number of allylic oxidation sites excluding steroid dienone is 1. The highest BCUT2D eigenvalue weighted by Gasteiger charge is 1.85. The van der Waals surface area contributed by atoms with Crippen molar-refractivity contribution in [3.63, 3.8) is 0 Å². The van der Waals surface area contributed by atoms with E-state index < -0.39 is 5.91 Å². The molecule has 0 heterocycles. The SMILES string of the molecule is CCC=CC(=O)N=C=O. The first-order chi connectivity index (χ1) is 4.31. The van der Waals surface area contributed by atoms with Crippen LogP contribution >= 0.6 is 0 Å². The van der Waals surface area contributed by atoms with E-state index in [1.807, 2.05) is 6.92 Å². The van der Waals surface area contributed by atoms with Gasteiger partial charge in [-0.1, -0.05) is 13.0 Å². The van der Waals surface area contributed by atoms with Crippen molar-refractivity contribution >= 4 is 12.0 Å². The summed E-state index contributed by atoms with van der Waals surface area (Å²) in [7, 11) is 0. The van der Waals surface area contributed by atoms with Gasteiger partial charge in [-0.15, -0.1) is 4.99 Å². The highest BCUT2D eigenvalue weighted by molar-refractivity contribution is 5.91. The molecule has 0 aliphatic heterocycles. The van der Waals surface area contributed by atoms with Crippen LogP contribution in [0.1, 0.15) is 13.3 Å². The van der Waals surface area contributed by atoms with Crippen LogP contribution in [0.15, 0.2) is 17.1 Å². The molecule has 0 spiro atoms. The van der Waals surface area contributed by atoms with Gasteiger partial charge in [0, 0.05) is 6.08 Å². The van der Waals surface area contributed by atoms with Crippen LogP contribution in [-0.2, 0) is 9.59 Å². The van der Waals surface area contributed by atoms with Crippen molar-refractivity contribution in [2.24, 2.45) is 4.99 Å². The third kappa shape index (κ3) is 4.65. The van der Waals surface area contributed by atoms with Crippen molar-refractivity contribution in [2.75, 3.05) is 0 Å². The summed E-state index contributed by atoms with van der Waals surface area (Å²) in [5, 5.41) is 0. The number of carbonyl (C=O) groups excluding carboxylic acids is 2. The van der Waals surface area contributed by atoms with E-state index in [1.165, 1.54) is 6.08 Å². The highest BCUT2D eigenvalue weighted by Crippen LogP contribution is 1.81. The van der Waals surface area contributed by atoms with E-state index in [1.54, 1.807) is 6.08 Å². The molecule has 0 saturated heterocycles. The van der Waals surface area contributed by atoms with Gasteiger partial charge >= 0.3 is 0 Å². The fourth-order valence-corrected chi connectivity index (χ4v) is 0.301. The Balaban J connectivity index is 3.77. The molecule has 1 amide bonds. The molecule has 0 saturated carbocycles. The Morgan fingerprint density at radius 3 is 2.89 bits per heavy atom. The predicted octanol–water partition coefficient (Wildman–Crippen LogP) is 0.815. The van der Waals surface area contributed by atoms with E-state index in [9.17, 15) is 9.59 Å². The number of amides is 1. The summed E-state index contributed by atoms with van der Waals surface area (Å²) in [5.74, 6) is -0.549. The minimum atomic E-state index is -0.549. The van der Waals surface area contributed by atoms with Gasteiger partial charge in [-0.3, -0.25) is 4.79 Å². The average molecular weight is 125 g/mol. The van der Waals surface area contributed by atoms with Crippen LogP contribution in [0.25, 0.3) is 0 Å². The van der Waals surface area contributed by atoms with Crippen molar-refractivity contribution < 1.29 is 9.59 Å². The highest BCUT2D eigenvalue weighted by atomic mass is 16.2. The summed E-state index contributed by atoms with van der Waals surface area (Å²) >= 11 is 0. The number of carbonyl (C=O) groups is 1. The van der Waals surface area contributed by atoms with Crippen LogP contribution < -0.4 is 0 Å². The number of aliphatic imine (C=N–C) groups is 1. The first kappa shape index (κ1) is 7.79. The first-order valence-corrected chi connectivity index (χ1v) is 2.59. The van der Waals surface area contributed by atoms with Gasteiger partial charge in [-0.05, 0) is 6.42 Å². The summed E-state index contributed by atoms with van der Waals surface area (Å²) in [4.78, 5) is 22.5. The molecule has 0 radical (unpaired) electrons. The summed E-state index contributed by atoms with van der Waals surface area (Å²) in [6.45, 7) is 1.88. The largest absolute Gasteiger partial charge is 0.280 e. The van der Waals surface area contributed by atoms with E-state index in [0.29, 0.717) is 0 Å². The molecule has 0 rings (SSSR count). The fourth-order valence-electron chi connectivity index (χ4n) is 0.301. The molecule has 0 atom stereocenters. The Kier molecular flexibility index (Phi) is 4.27. The number of nitrogens with zero attached hydrogens (tertiary/aromatic N) is 1. The molecule has 0 N–H and O–H groups in total. The molecule has 0 bridgehead atoms. The second kappa shape index (κ2) is 4.94. The maximum absolute atomic E-state index is 10.3. The molecule has 0 aliphatic carbocycles. The monoisotopic (exact) mass is 125 g/mol. The van der Waals surface area contributed by atoms with Crippen LogP contribution in [0.3, 0.4) is 0 Å². The molecular formula is C6H7NO2. The predicted molar refractivity (Wildman–Crippen MR) is 32.6 cm³/mol. The number of rotatable bonds is 2. The lowest BCUT2D eigenvalue weighted by molar-refractivity contribution is -0.113. The molecule has 0 aromatic heterocycles. The number of isocyanates is 1. The van der Waals surface area contributed by atoms with Crippen molar-refractivity contribution in [3.05, 3.63) is 12.2 Å². The van der Waals surface area contributed by atoms with E-state index in [0.717, 1.165) is 12.5 Å². The number of hydrogen-bond acceptors (Lipinski definition) is 2. The lowest BCUT2D eigenvalue weighted by atomic mass is 10.4. The zero-order valence-electron chi connectivity index (χ0n) is 5.13. The Morgan fingerprint density at radius 1 is 1.78 bits per heavy atom. The van der Waals surface area contributed by atoms with Crippen LogP contribution in [0.4, 0.5) is 0 Å². The van der Waals surface area contributed by atoms with Crippen LogP contribution in [-0.4, -0.2) is 12.0 Å². The van der Waals surface area contributed by atoms with Crippen LogP contribution in [0.5, 0.6) is 0 Å². The van der Waals surface area contributed by atoms with E-state index in [-0.39, 0.29) is 0 Å². The van der Waals surface area contributed by atoms with Gasteiger partial charge < -0.3 is 0 Å². The van der Waals surface area contributed by atoms with Crippen molar-refractivity contribution in [1.29, 1.82) is 0 Å². The molecule has 0 aromatic rings. The average Bonchev–Trinajstić information content (AvgIpc) is 1.85. The molecule has 3 nitrogen and oxygen atoms in total. The summed E-state index contributed by atoms with van der Waals surface area (Å²) in [5.41, 5.74) is 0. The molecule has 0 aliphatic rings. The lowest BCUT2D eigenvalue weighted by Gasteiger charge is -1.74. The summed E-state index contributed by atoms with van der Waals surface area (Å²) < 4.78 is 0. The molecule has 3 heteroatoms. The molecule has 0 aromatic carbocycles. The molecule has 9 heavy (non-hydrogen) atoms. The Bertz CT molecular complexity index is 166. The Hall–Kier alpha value is -1.21. The van der Waals surface area contributed by atoms with Crippen molar-refractivity contribution in [2.45, 2.75) is 13.3 Å². The smallest absolute Gasteiger partial charge is 0.267 e. The topological polar surface area (TPSA) is 46.5 Å². The maximum atomic E-state index is 10.3. The Morgan fingerprint density at radius 2 is 2.44 bits per heavy atom. The quantitative estimate of drug-likeness (QED) is 0.311. The van der Waals surface area contributed by atoms with Crippen molar-refractivity contribution in [3.8, 4) is 0 Å². The van der Waals surface area contributed by atoms with Crippen molar-refractivity contribution in [1.82, 2.24) is 0 Å². The fraction of sp³-hybridized carbons (Fsp3) is 0.333. The van der Waals surface area contributed by atoms with Gasteiger partial charge in [-0.2, -0.15) is 0 Å². The molecule has 48 valence electrons. The summed E-state index contributed by atoms with van der Waals surface area (Å²) in [6, 6.07) is 0. The van der Waals surface area contributed by atoms with E-state index in [4.69, 9.17) is 0 Å². The minimum absolute atomic E-state index is 0.549.